The molecule has 0 radical (unpaired) electrons. The second kappa shape index (κ2) is 10.1. The molecule has 6 aromatic rings. The Bertz CT molecular complexity index is 1460. The van der Waals surface area contributed by atoms with Crippen LogP contribution < -0.4 is 10.6 Å². The van der Waals surface area contributed by atoms with Gasteiger partial charge in [0.15, 0.2) is 5.11 Å². The van der Waals surface area contributed by atoms with Crippen molar-refractivity contribution in [1.82, 2.24) is 9.97 Å². The van der Waals surface area contributed by atoms with E-state index in [1.54, 1.807) is 22.7 Å². The number of thiocarbonyl (C=S) groups is 1. The molecule has 0 amide bonds. The Morgan fingerprint density at radius 3 is 1.42 bits per heavy atom. The molecule has 2 aromatic heterocycles. The van der Waals surface area contributed by atoms with Gasteiger partial charge in [0, 0.05) is 24.2 Å². The fourth-order valence-electron chi connectivity index (χ4n) is 4.05. The van der Waals surface area contributed by atoms with E-state index in [1.807, 2.05) is 12.1 Å². The summed E-state index contributed by atoms with van der Waals surface area (Å²) in [6.45, 7) is 0. The smallest absolute Gasteiger partial charge is 0.175 e. The molecule has 4 nitrogen and oxygen atoms in total. The van der Waals surface area contributed by atoms with Gasteiger partial charge < -0.3 is 10.6 Å². The molecule has 7 heteroatoms. The average molecular weight is 523 g/mol. The predicted octanol–water partition coefficient (Wildman–Crippen LogP) is 7.90. The van der Waals surface area contributed by atoms with E-state index in [0.29, 0.717) is 5.11 Å². The fourth-order valence-corrected chi connectivity index (χ4v) is 6.28. The Kier molecular flexibility index (Phi) is 6.42. The second-order valence-corrected chi connectivity index (χ2v) is 11.1. The molecule has 0 bridgehead atoms. The van der Waals surface area contributed by atoms with E-state index >= 15 is 0 Å². The molecule has 0 saturated heterocycles. The Morgan fingerprint density at radius 2 is 1.00 bits per heavy atom. The lowest BCUT2D eigenvalue weighted by Gasteiger charge is -2.11. The highest BCUT2D eigenvalue weighted by molar-refractivity contribution is 7.80. The van der Waals surface area contributed by atoms with Crippen LogP contribution in [-0.2, 0) is 12.8 Å². The van der Waals surface area contributed by atoms with Gasteiger partial charge in [0.25, 0.3) is 0 Å². The Labute approximate surface area is 222 Å². The first-order valence-corrected chi connectivity index (χ1v) is 13.7. The number of hydrogen-bond donors (Lipinski definition) is 2. The fraction of sp³-hybridized carbons (Fsp3) is 0.0690. The van der Waals surface area contributed by atoms with E-state index in [4.69, 9.17) is 22.2 Å². The molecule has 0 unspecified atom stereocenters. The van der Waals surface area contributed by atoms with Crippen molar-refractivity contribution in [3.8, 4) is 0 Å². The standard InChI is InChI=1S/C29H22N4S3/c34-29(30-21-13-9-19(10-14-21)17-27-32-23-5-1-3-7-25(23)35-27)31-22-15-11-20(12-16-22)18-28-33-24-6-2-4-8-26(24)36-28/h1-16H,17-18H2,(H2,30,31,34). The summed E-state index contributed by atoms with van der Waals surface area (Å²) in [5, 5.41) is 9.36. The molecule has 2 heterocycles. The summed E-state index contributed by atoms with van der Waals surface area (Å²) in [6, 6.07) is 33.2. The van der Waals surface area contributed by atoms with Crippen molar-refractivity contribution in [2.45, 2.75) is 12.8 Å². The van der Waals surface area contributed by atoms with Crippen molar-refractivity contribution < 1.29 is 0 Å². The summed E-state index contributed by atoms with van der Waals surface area (Å²) in [4.78, 5) is 9.47. The summed E-state index contributed by atoms with van der Waals surface area (Å²) < 4.78 is 2.46. The summed E-state index contributed by atoms with van der Waals surface area (Å²) in [6.07, 6.45) is 1.65. The topological polar surface area (TPSA) is 49.8 Å². The minimum absolute atomic E-state index is 0.563. The molecule has 4 aromatic carbocycles. The van der Waals surface area contributed by atoms with Crippen molar-refractivity contribution in [3.05, 3.63) is 118 Å². The van der Waals surface area contributed by atoms with Gasteiger partial charge in [-0.25, -0.2) is 9.97 Å². The number of benzene rings is 4. The highest BCUT2D eigenvalue weighted by atomic mass is 32.1. The Hall–Kier alpha value is -3.65. The van der Waals surface area contributed by atoms with E-state index in [0.717, 1.165) is 45.3 Å². The van der Waals surface area contributed by atoms with Crippen LogP contribution in [0.3, 0.4) is 0 Å². The zero-order chi connectivity index (χ0) is 24.3. The van der Waals surface area contributed by atoms with Gasteiger partial charge in [-0.1, -0.05) is 48.5 Å². The summed E-state index contributed by atoms with van der Waals surface area (Å²) in [5.74, 6) is 0. The zero-order valence-corrected chi connectivity index (χ0v) is 21.7. The van der Waals surface area contributed by atoms with Crippen molar-refractivity contribution in [2.75, 3.05) is 10.6 Å². The number of hydrogen-bond acceptors (Lipinski definition) is 5. The third kappa shape index (κ3) is 5.28. The van der Waals surface area contributed by atoms with Gasteiger partial charge in [0.2, 0.25) is 0 Å². The van der Waals surface area contributed by atoms with E-state index in [-0.39, 0.29) is 0 Å². The van der Waals surface area contributed by atoms with E-state index in [9.17, 15) is 0 Å². The first-order valence-electron chi connectivity index (χ1n) is 11.6. The van der Waals surface area contributed by atoms with Crippen LogP contribution in [0.1, 0.15) is 21.1 Å². The maximum atomic E-state index is 5.53. The number of fused-ring (bicyclic) bond motifs is 2. The van der Waals surface area contributed by atoms with Gasteiger partial charge >= 0.3 is 0 Å². The average Bonchev–Trinajstić information content (AvgIpc) is 3.49. The quantitative estimate of drug-likeness (QED) is 0.218. The molecule has 0 fully saturated rings. The summed E-state index contributed by atoms with van der Waals surface area (Å²) in [7, 11) is 0. The Morgan fingerprint density at radius 1 is 0.583 bits per heavy atom. The van der Waals surface area contributed by atoms with Crippen molar-refractivity contribution >= 4 is 71.8 Å². The van der Waals surface area contributed by atoms with Crippen LogP contribution in [-0.4, -0.2) is 15.1 Å². The second-order valence-electron chi connectivity index (χ2n) is 8.48. The predicted molar refractivity (Wildman–Crippen MR) is 158 cm³/mol. The minimum atomic E-state index is 0.563. The molecule has 36 heavy (non-hydrogen) atoms. The van der Waals surface area contributed by atoms with E-state index in [1.165, 1.54) is 20.5 Å². The molecular formula is C29H22N4S3. The van der Waals surface area contributed by atoms with Gasteiger partial charge in [0.05, 0.1) is 30.4 Å². The van der Waals surface area contributed by atoms with E-state index < -0.39 is 0 Å². The largest absolute Gasteiger partial charge is 0.332 e. The molecular weight excluding hydrogens is 501 g/mol. The van der Waals surface area contributed by atoms with Crippen LogP contribution in [0, 0.1) is 0 Å². The van der Waals surface area contributed by atoms with Crippen LogP contribution in [0.25, 0.3) is 20.4 Å². The van der Waals surface area contributed by atoms with Gasteiger partial charge in [-0.15, -0.1) is 22.7 Å². The number of thiazole rings is 2. The van der Waals surface area contributed by atoms with E-state index in [2.05, 4.69) is 95.6 Å². The molecule has 0 spiro atoms. The van der Waals surface area contributed by atoms with Crippen molar-refractivity contribution in [1.29, 1.82) is 0 Å². The minimum Gasteiger partial charge on any atom is -0.332 e. The van der Waals surface area contributed by atoms with Crippen LogP contribution in [0.15, 0.2) is 97.1 Å². The maximum Gasteiger partial charge on any atom is 0.175 e. The number of nitrogens with zero attached hydrogens (tertiary/aromatic N) is 2. The molecule has 0 atom stereocenters. The monoisotopic (exact) mass is 522 g/mol. The van der Waals surface area contributed by atoms with Gasteiger partial charge in [-0.2, -0.15) is 0 Å². The molecule has 0 saturated carbocycles. The van der Waals surface area contributed by atoms with Crippen molar-refractivity contribution in [2.24, 2.45) is 0 Å². The zero-order valence-electron chi connectivity index (χ0n) is 19.3. The van der Waals surface area contributed by atoms with Crippen LogP contribution in [0.5, 0.6) is 0 Å². The lowest BCUT2D eigenvalue weighted by Crippen LogP contribution is -2.19. The first-order chi connectivity index (χ1) is 17.7. The Balaban J connectivity index is 1.03. The number of anilines is 2. The molecule has 6 rings (SSSR count). The lowest BCUT2D eigenvalue weighted by molar-refractivity contribution is 1.16. The summed E-state index contributed by atoms with van der Waals surface area (Å²) >= 11 is 9.03. The molecule has 0 aliphatic rings. The molecule has 2 N–H and O–H groups in total. The maximum absolute atomic E-state index is 5.53. The van der Waals surface area contributed by atoms with Gasteiger partial charge in [0.1, 0.15) is 0 Å². The highest BCUT2D eigenvalue weighted by Gasteiger charge is 2.07. The normalized spacial score (nSPS) is 11.1. The molecule has 176 valence electrons. The number of aromatic nitrogens is 2. The van der Waals surface area contributed by atoms with Gasteiger partial charge in [-0.3, -0.25) is 0 Å². The number of para-hydroxylation sites is 2. The SMILES string of the molecule is S=C(Nc1ccc(Cc2nc3ccccc3s2)cc1)Nc1ccc(Cc2nc3ccccc3s2)cc1. The van der Waals surface area contributed by atoms with Crippen LogP contribution in [0.2, 0.25) is 0 Å². The highest BCUT2D eigenvalue weighted by Crippen LogP contribution is 2.25. The third-order valence-corrected chi connectivity index (χ3v) is 8.09. The third-order valence-electron chi connectivity index (χ3n) is 5.81. The summed E-state index contributed by atoms with van der Waals surface area (Å²) in [5.41, 5.74) is 6.49. The first kappa shape index (κ1) is 22.8. The van der Waals surface area contributed by atoms with Crippen LogP contribution >= 0.6 is 34.9 Å². The molecule has 0 aliphatic heterocycles. The van der Waals surface area contributed by atoms with Crippen LogP contribution in [0.4, 0.5) is 11.4 Å². The van der Waals surface area contributed by atoms with Gasteiger partial charge in [-0.05, 0) is 71.9 Å². The number of rotatable bonds is 6. The molecule has 0 aliphatic carbocycles. The van der Waals surface area contributed by atoms with Crippen molar-refractivity contribution in [3.63, 3.8) is 0 Å². The lowest BCUT2D eigenvalue weighted by atomic mass is 10.1. The number of nitrogens with one attached hydrogen (secondary N) is 2.